The van der Waals surface area contributed by atoms with Crippen LogP contribution in [-0.4, -0.2) is 128 Å². The van der Waals surface area contributed by atoms with E-state index in [1.807, 2.05) is 0 Å². The van der Waals surface area contributed by atoms with Crippen molar-refractivity contribution in [2.75, 3.05) is 90.7 Å². The number of aldehydes is 2. The normalized spacial score (nSPS) is 11.5. The van der Waals surface area contributed by atoms with E-state index in [0.717, 1.165) is 25.1 Å². The van der Waals surface area contributed by atoms with Crippen molar-refractivity contribution < 1.29 is 53.4 Å². The van der Waals surface area contributed by atoms with Crippen LogP contribution in [0.2, 0.25) is 0 Å². The van der Waals surface area contributed by atoms with Crippen molar-refractivity contribution in [2.45, 2.75) is 0 Å². The Kier molecular flexibility index (Phi) is 59.4. The third-order valence-electron chi connectivity index (χ3n) is 13.2. The maximum atomic E-state index is 9.81. The number of aliphatic imine (C=N–C) groups is 2. The van der Waals surface area contributed by atoms with Crippen LogP contribution in [0, 0.1) is 0 Å². The number of nitrogens with zero attached hydrogens (tertiary/aromatic N) is 4. The van der Waals surface area contributed by atoms with E-state index in [4.69, 9.17) is 46.4 Å². The summed E-state index contributed by atoms with van der Waals surface area (Å²) in [5, 5.41) is 20.0. The van der Waals surface area contributed by atoms with Gasteiger partial charge in [-0.3, -0.25) is 19.6 Å². The number of carbonyl (C=O) groups excluding carboxylic acids is 2. The van der Waals surface area contributed by atoms with Crippen LogP contribution in [-0.2, 0) is 33.6 Å². The summed E-state index contributed by atoms with van der Waals surface area (Å²) in [6.45, 7) is 27.2. The predicted molar refractivity (Wildman–Crippen MR) is 459 cm³/mol. The quantitative estimate of drug-likeness (QED) is 0.0440. The number of halogens is 4. The van der Waals surface area contributed by atoms with Gasteiger partial charge in [-0.25, -0.2) is 0 Å². The molecule has 2 aliphatic rings. The second kappa shape index (κ2) is 62.0. The molecule has 12 rings (SSSR count). The summed E-state index contributed by atoms with van der Waals surface area (Å²) in [6.07, 6.45) is 13.6. The second-order valence-corrected chi connectivity index (χ2v) is 37.6. The van der Waals surface area contributed by atoms with Crippen molar-refractivity contribution in [3.8, 4) is 0 Å². The Hall–Kier alpha value is -6.42. The van der Waals surface area contributed by atoms with Crippen molar-refractivity contribution in [1.29, 1.82) is 0 Å². The Balaban J connectivity index is 0. The van der Waals surface area contributed by atoms with Crippen LogP contribution in [0.3, 0.4) is 0 Å². The molecular weight excluding hydrogens is 1510 g/mol. The smallest absolute Gasteiger partial charge is 0.876 e. The van der Waals surface area contributed by atoms with Gasteiger partial charge in [0.25, 0.3) is 0 Å². The molecule has 0 unspecified atom stereocenters. The van der Waals surface area contributed by atoms with Crippen molar-refractivity contribution in [2.24, 2.45) is 9.98 Å². The summed E-state index contributed by atoms with van der Waals surface area (Å²) in [6, 6.07) is 93.8. The minimum atomic E-state index is -1.22. The Bertz CT molecular complexity index is 3160. The number of benzene rings is 8. The van der Waals surface area contributed by atoms with Gasteiger partial charge in [0.1, 0.15) is 24.9 Å². The Morgan fingerprint density at radius 2 is 0.490 bits per heavy atom. The molecule has 2 aliphatic heterocycles. The molecule has 0 saturated carbocycles. The summed E-state index contributed by atoms with van der Waals surface area (Å²) in [5.41, 5.74) is 12.7. The summed E-state index contributed by atoms with van der Waals surface area (Å²) in [4.78, 5) is 34.3. The molecule has 0 fully saturated rings. The van der Waals surface area contributed by atoms with E-state index in [0.29, 0.717) is 22.8 Å². The fourth-order valence-electron chi connectivity index (χ4n) is 9.78. The zero-order valence-corrected chi connectivity index (χ0v) is 69.6. The van der Waals surface area contributed by atoms with Crippen LogP contribution in [0.1, 0.15) is 21.0 Å². The van der Waals surface area contributed by atoms with Crippen LogP contribution >= 0.6 is 78.1 Å². The van der Waals surface area contributed by atoms with Crippen LogP contribution in [0.5, 0.6) is 0 Å². The van der Waals surface area contributed by atoms with Gasteiger partial charge in [0.2, 0.25) is 0 Å². The van der Waals surface area contributed by atoms with E-state index in [1.165, 1.54) is 43.7 Å². The molecule has 0 spiro atoms. The molecule has 0 radical (unpaired) electrons. The van der Waals surface area contributed by atoms with Gasteiger partial charge in [-0.2, -0.15) is 56.1 Å². The van der Waals surface area contributed by atoms with Gasteiger partial charge in [-0.15, -0.1) is 58.9 Å². The van der Waals surface area contributed by atoms with Gasteiger partial charge < -0.3 is 20.2 Å². The third kappa shape index (κ3) is 40.0. The van der Waals surface area contributed by atoms with Crippen LogP contribution < -0.4 is 63.9 Å². The second-order valence-electron chi connectivity index (χ2n) is 23.9. The molecular formula is C82H100B2Cl4Co2N4O4P4+4. The summed E-state index contributed by atoms with van der Waals surface area (Å²) in [5.74, 6) is 0. The van der Waals surface area contributed by atoms with Crippen molar-refractivity contribution in [3.05, 3.63) is 339 Å². The monoisotopic (exact) mass is 1610 g/mol. The Labute approximate surface area is 656 Å². The van der Waals surface area contributed by atoms with Crippen LogP contribution in [0.25, 0.3) is 0 Å². The fourth-order valence-corrected chi connectivity index (χ4v) is 9.78. The summed E-state index contributed by atoms with van der Waals surface area (Å²) >= 11 is 19.1. The number of aromatic nitrogens is 2. The van der Waals surface area contributed by atoms with Gasteiger partial charge in [0, 0.05) is 104 Å². The number of hydrogen-bond donors (Lipinski definition) is 0. The number of alkyl halides is 4. The van der Waals surface area contributed by atoms with E-state index in [-0.39, 0.29) is 75.9 Å². The molecule has 4 heterocycles. The Morgan fingerprint density at radius 3 is 0.578 bits per heavy atom. The van der Waals surface area contributed by atoms with Gasteiger partial charge in [-0.05, 0) is 56.0 Å². The van der Waals surface area contributed by atoms with E-state index in [9.17, 15) is 19.8 Å². The number of rotatable bonds is 10. The zero-order valence-electron chi connectivity index (χ0n) is 60.5. The SMILES string of the molecule is C[PH+](C)C.C[PH+](C)C.C[PH+](C)C.C[PH+](C)C.ClCCl.ClCCl.O=Cc1ccc[n-]1.O=Cc1ccc[n-]1.[Co+3].[Co+3].[O-]/C=C1/C=CC=N1.[O-]/C=C1/C=CC=N1.c1ccc([B-](c2ccccc2)(c2ccccc2)c2ccccc2)cc1.c1ccc([B-](c2ccccc2)(c2ccccc2)c2ccccc2)cc1. The topological polar surface area (TPSA) is 133 Å². The molecule has 0 amide bonds. The molecule has 20 heteroatoms. The minimum absolute atomic E-state index is 0. The molecule has 2 aromatic heterocycles. The standard InChI is InChI=1S/2C24H20B.4C5H5NO.4C3H9P.2CH2Cl2.2Co/c2*1-5-13-21(14-6-1)25(22-15-7-2-8-16-22,23-17-9-3-10-18-23)24-19-11-4-12-20-24;4*7-4-5-2-1-3-6-5;4*1-4(2)3;2*2-1-3;;/h2*1-20H;2*1-4H,(H,6,7);2*1-4,7H;4*1-3H3;2*1H2;;/q2*-1;;;;;;;;;;;2*+3/b;;;;2*5-4-;;;;;;;;. The van der Waals surface area contributed by atoms with E-state index < -0.39 is 12.3 Å². The molecule has 0 atom stereocenters. The molecule has 8 aromatic carbocycles. The number of carbonyl (C=O) groups is 2. The van der Waals surface area contributed by atoms with Gasteiger partial charge in [0.15, 0.2) is 0 Å². The molecule has 10 aromatic rings. The van der Waals surface area contributed by atoms with Crippen LogP contribution in [0.4, 0.5) is 0 Å². The molecule has 0 saturated heterocycles. The van der Waals surface area contributed by atoms with Gasteiger partial charge >= 0.3 is 33.6 Å². The molecule has 0 bridgehead atoms. The molecule has 0 N–H and O–H groups in total. The first-order chi connectivity index (χ1) is 48.3. The minimum Gasteiger partial charge on any atom is -0.876 e. The predicted octanol–water partition coefficient (Wildman–Crippen LogP) is 13.9. The zero-order chi connectivity index (χ0) is 74.1. The largest absolute Gasteiger partial charge is 3.00 e. The van der Waals surface area contributed by atoms with Gasteiger partial charge in [-0.1, -0.05) is 278 Å². The summed E-state index contributed by atoms with van der Waals surface area (Å²) < 4.78 is 0. The maximum Gasteiger partial charge on any atom is 3.00 e. The molecule has 8 nitrogen and oxygen atoms in total. The Morgan fingerprint density at radius 1 is 0.324 bits per heavy atom. The van der Waals surface area contributed by atoms with Crippen molar-refractivity contribution >= 4 is 159 Å². The molecule has 0 aliphatic carbocycles. The van der Waals surface area contributed by atoms with E-state index >= 15 is 0 Å². The van der Waals surface area contributed by atoms with Crippen molar-refractivity contribution in [1.82, 2.24) is 9.97 Å². The first-order valence-electron chi connectivity index (χ1n) is 32.5. The fraction of sp³-hybridized carbons (Fsp3) is 0.171. The maximum absolute atomic E-state index is 9.81. The van der Waals surface area contributed by atoms with Gasteiger partial charge in [0.05, 0.1) is 10.7 Å². The first-order valence-corrected chi connectivity index (χ1v) is 46.6. The first kappa shape index (κ1) is 97.6. The molecule has 540 valence electrons. The van der Waals surface area contributed by atoms with E-state index in [1.54, 1.807) is 73.4 Å². The average Bonchev–Trinajstić information content (AvgIpc) is 0.789. The number of hydrogen-bond acceptors (Lipinski definition) is 6. The number of allylic oxidation sites excluding steroid dienone is 4. The molecule has 102 heavy (non-hydrogen) atoms. The third-order valence-corrected chi connectivity index (χ3v) is 13.2. The average molecular weight is 1610 g/mol. The van der Waals surface area contributed by atoms with Crippen LogP contribution in [0.15, 0.2) is 338 Å². The van der Waals surface area contributed by atoms with Crippen molar-refractivity contribution in [3.63, 3.8) is 0 Å². The summed E-state index contributed by atoms with van der Waals surface area (Å²) in [7, 11) is 0.481. The van der Waals surface area contributed by atoms with E-state index in [2.05, 4.69) is 343 Å².